The topological polar surface area (TPSA) is 68.2 Å². The van der Waals surface area contributed by atoms with Gasteiger partial charge in [-0.2, -0.15) is 0 Å². The summed E-state index contributed by atoms with van der Waals surface area (Å²) in [4.78, 5) is 28.1. The Hall–Kier alpha value is -3.26. The fourth-order valence-corrected chi connectivity index (χ4v) is 3.77. The number of rotatable bonds is 5. The number of hydrogen-bond acceptors (Lipinski definition) is 5. The molecule has 166 valence electrons. The second-order valence-corrected chi connectivity index (χ2v) is 7.96. The number of carbonyl (C=O) groups is 1. The highest BCUT2D eigenvalue weighted by molar-refractivity contribution is 6.06. The lowest BCUT2D eigenvalue weighted by Gasteiger charge is -2.34. The average molecular weight is 438 g/mol. The Morgan fingerprint density at radius 1 is 1.12 bits per heavy atom. The largest absolute Gasteiger partial charge is 0.358 e. The molecule has 0 spiro atoms. The molecule has 0 N–H and O–H groups in total. The number of benzene rings is 1. The lowest BCUT2D eigenvalue weighted by Crippen LogP contribution is -2.44. The van der Waals surface area contributed by atoms with E-state index in [9.17, 15) is 13.6 Å². The van der Waals surface area contributed by atoms with E-state index in [1.807, 2.05) is 13.8 Å². The van der Waals surface area contributed by atoms with E-state index in [0.29, 0.717) is 24.3 Å². The van der Waals surface area contributed by atoms with Crippen LogP contribution in [0.25, 0.3) is 11.4 Å². The van der Waals surface area contributed by atoms with Crippen LogP contribution in [0.5, 0.6) is 0 Å². The van der Waals surface area contributed by atoms with Crippen molar-refractivity contribution in [2.75, 3.05) is 11.5 Å². The van der Waals surface area contributed by atoms with Crippen molar-refractivity contribution >= 4 is 11.6 Å². The van der Waals surface area contributed by atoms with Crippen molar-refractivity contribution in [3.8, 4) is 11.4 Å². The monoisotopic (exact) mass is 438 g/mol. The van der Waals surface area contributed by atoms with Gasteiger partial charge < -0.3 is 4.74 Å². The number of anilines is 1. The van der Waals surface area contributed by atoms with Crippen molar-refractivity contribution in [2.24, 2.45) is 0 Å². The molecule has 1 fully saturated rings. The van der Waals surface area contributed by atoms with Crippen molar-refractivity contribution in [3.05, 3.63) is 71.8 Å². The number of nitrogens with zero attached hydrogens (tertiary/aromatic N) is 4. The highest BCUT2D eigenvalue weighted by Gasteiger charge is 2.32. The first-order chi connectivity index (χ1) is 15.5. The third kappa shape index (κ3) is 4.36. The van der Waals surface area contributed by atoms with E-state index in [1.165, 1.54) is 17.2 Å². The minimum atomic E-state index is -0.791. The van der Waals surface area contributed by atoms with Crippen LogP contribution in [-0.4, -0.2) is 33.7 Å². The van der Waals surface area contributed by atoms with Gasteiger partial charge in [-0.25, -0.2) is 18.7 Å². The summed E-state index contributed by atoms with van der Waals surface area (Å²) < 4.78 is 34.7. The van der Waals surface area contributed by atoms with Gasteiger partial charge in [-0.3, -0.25) is 14.7 Å². The summed E-state index contributed by atoms with van der Waals surface area (Å²) in [5.41, 5.74) is 0.876. The van der Waals surface area contributed by atoms with Gasteiger partial charge in [0.25, 0.3) is 5.91 Å². The second kappa shape index (κ2) is 9.48. The molecule has 2 aromatic heterocycles. The molecule has 1 aliphatic heterocycles. The molecule has 3 aromatic rings. The molecule has 1 unspecified atom stereocenters. The van der Waals surface area contributed by atoms with Crippen molar-refractivity contribution in [3.63, 3.8) is 0 Å². The Morgan fingerprint density at radius 3 is 2.53 bits per heavy atom. The summed E-state index contributed by atoms with van der Waals surface area (Å²) in [6, 6.07) is 7.06. The molecule has 6 nitrogen and oxygen atoms in total. The van der Waals surface area contributed by atoms with Gasteiger partial charge in [-0.15, -0.1) is 0 Å². The highest BCUT2D eigenvalue weighted by atomic mass is 19.1. The minimum Gasteiger partial charge on any atom is -0.358 e. The maximum absolute atomic E-state index is 14.4. The Morgan fingerprint density at radius 2 is 1.91 bits per heavy atom. The van der Waals surface area contributed by atoms with Crippen LogP contribution in [0.2, 0.25) is 0 Å². The zero-order chi connectivity index (χ0) is 22.7. The van der Waals surface area contributed by atoms with Crippen LogP contribution in [0.3, 0.4) is 0 Å². The molecule has 0 bridgehead atoms. The molecule has 1 saturated heterocycles. The maximum Gasteiger partial charge on any atom is 0.279 e. The number of ether oxygens (including phenoxy) is 1. The molecule has 1 atom stereocenters. The molecular formula is C24H24F2N4O2. The van der Waals surface area contributed by atoms with E-state index in [-0.39, 0.29) is 23.0 Å². The number of halogens is 2. The van der Waals surface area contributed by atoms with E-state index in [4.69, 9.17) is 4.74 Å². The van der Waals surface area contributed by atoms with Crippen LogP contribution in [-0.2, 0) is 4.74 Å². The molecule has 4 rings (SSSR count). The van der Waals surface area contributed by atoms with Crippen LogP contribution in [0.15, 0.2) is 48.9 Å². The number of hydrogen-bond donors (Lipinski definition) is 0. The molecule has 32 heavy (non-hydrogen) atoms. The summed E-state index contributed by atoms with van der Waals surface area (Å²) in [6.07, 6.45) is 6.70. The van der Waals surface area contributed by atoms with Crippen LogP contribution in [0.1, 0.15) is 55.1 Å². The molecular weight excluding hydrogens is 414 g/mol. The highest BCUT2D eigenvalue weighted by Crippen LogP contribution is 2.29. The molecule has 1 amide bonds. The molecule has 1 aliphatic rings. The van der Waals surface area contributed by atoms with Crippen molar-refractivity contribution in [1.82, 2.24) is 15.0 Å². The summed E-state index contributed by atoms with van der Waals surface area (Å²) in [6.45, 7) is 4.36. The Bertz CT molecular complexity index is 1080. The van der Waals surface area contributed by atoms with E-state index in [2.05, 4.69) is 15.0 Å². The third-order valence-corrected chi connectivity index (χ3v) is 5.41. The fraction of sp³-hybridized carbons (Fsp3) is 0.333. The summed E-state index contributed by atoms with van der Waals surface area (Å²) in [5.74, 6) is -2.27. The second-order valence-electron chi connectivity index (χ2n) is 7.96. The van der Waals surface area contributed by atoms with Gasteiger partial charge in [0.05, 0.1) is 17.4 Å². The van der Waals surface area contributed by atoms with Crippen molar-refractivity contribution in [1.29, 1.82) is 0 Å². The van der Waals surface area contributed by atoms with Crippen LogP contribution < -0.4 is 4.90 Å². The number of amides is 1. The summed E-state index contributed by atoms with van der Waals surface area (Å²) >= 11 is 0. The van der Waals surface area contributed by atoms with E-state index in [0.717, 1.165) is 25.0 Å². The predicted octanol–water partition coefficient (Wildman–Crippen LogP) is 5.11. The fourth-order valence-electron chi connectivity index (χ4n) is 3.77. The summed E-state index contributed by atoms with van der Waals surface area (Å²) in [5, 5.41) is 0. The molecule has 8 heteroatoms. The van der Waals surface area contributed by atoms with E-state index in [1.54, 1.807) is 24.5 Å². The summed E-state index contributed by atoms with van der Waals surface area (Å²) in [7, 11) is 0. The quantitative estimate of drug-likeness (QED) is 0.554. The lowest BCUT2D eigenvalue weighted by atomic mass is 10.0. The van der Waals surface area contributed by atoms with E-state index >= 15 is 0 Å². The third-order valence-electron chi connectivity index (χ3n) is 5.41. The SMILES string of the molecule is CC(C)c1cnc(-c2c(F)cccc2F)nc1C(=O)N(c1cccnc1)C1CCCCO1. The average Bonchev–Trinajstić information content (AvgIpc) is 2.80. The van der Waals surface area contributed by atoms with Gasteiger partial charge in [-0.1, -0.05) is 19.9 Å². The number of aromatic nitrogens is 3. The minimum absolute atomic E-state index is 0.0866. The smallest absolute Gasteiger partial charge is 0.279 e. The Labute approximate surface area is 185 Å². The first-order valence-electron chi connectivity index (χ1n) is 10.6. The van der Waals surface area contributed by atoms with Crippen molar-refractivity contribution < 1.29 is 18.3 Å². The molecule has 1 aromatic carbocycles. The molecule has 0 saturated carbocycles. The van der Waals surface area contributed by atoms with Gasteiger partial charge in [-0.05, 0) is 49.4 Å². The van der Waals surface area contributed by atoms with Crippen molar-refractivity contribution in [2.45, 2.75) is 45.3 Å². The lowest BCUT2D eigenvalue weighted by molar-refractivity contribution is 0.0143. The van der Waals surface area contributed by atoms with Gasteiger partial charge in [0.1, 0.15) is 23.6 Å². The maximum atomic E-state index is 14.4. The van der Waals surface area contributed by atoms with Crippen LogP contribution in [0, 0.1) is 11.6 Å². The van der Waals surface area contributed by atoms with Crippen LogP contribution >= 0.6 is 0 Å². The van der Waals surface area contributed by atoms with Gasteiger partial charge in [0.15, 0.2) is 5.82 Å². The van der Waals surface area contributed by atoms with Crippen LogP contribution in [0.4, 0.5) is 14.5 Å². The Kier molecular flexibility index (Phi) is 6.50. The zero-order valence-corrected chi connectivity index (χ0v) is 18.0. The van der Waals surface area contributed by atoms with Gasteiger partial charge >= 0.3 is 0 Å². The molecule has 3 heterocycles. The first kappa shape index (κ1) is 22.0. The molecule has 0 aliphatic carbocycles. The Balaban J connectivity index is 1.84. The van der Waals surface area contributed by atoms with Gasteiger partial charge in [0.2, 0.25) is 0 Å². The number of carbonyl (C=O) groups excluding carboxylic acids is 1. The molecule has 0 radical (unpaired) electrons. The first-order valence-corrected chi connectivity index (χ1v) is 10.6. The standard InChI is InChI=1S/C24H24F2N4O2/c1-15(2)17-14-28-23(21-18(25)8-5-9-19(21)26)29-22(17)24(31)30(16-7-6-11-27-13-16)20-10-3-4-12-32-20/h5-9,11,13-15,20H,3-4,10,12H2,1-2H3. The number of pyridine rings is 1. The normalized spacial score (nSPS) is 16.2. The zero-order valence-electron chi connectivity index (χ0n) is 18.0. The van der Waals surface area contributed by atoms with Gasteiger partial charge in [0, 0.05) is 24.6 Å². The predicted molar refractivity (Wildman–Crippen MR) is 116 cm³/mol. The van der Waals surface area contributed by atoms with E-state index < -0.39 is 23.8 Å².